The second kappa shape index (κ2) is 7.29. The molecule has 0 aromatic heterocycles. The number of hydrogen-bond acceptors (Lipinski definition) is 2. The van der Waals surface area contributed by atoms with E-state index in [1.54, 1.807) is 25.3 Å². The first kappa shape index (κ1) is 16.5. The van der Waals surface area contributed by atoms with Crippen LogP contribution in [0.2, 0.25) is 0 Å². The first-order valence-corrected chi connectivity index (χ1v) is 8.09. The Bertz CT molecular complexity index is 451. The summed E-state index contributed by atoms with van der Waals surface area (Å²) >= 11 is 6.82. The van der Waals surface area contributed by atoms with E-state index in [-0.39, 0.29) is 11.4 Å². The molecule has 19 heavy (non-hydrogen) atoms. The van der Waals surface area contributed by atoms with Crippen LogP contribution in [0.5, 0.6) is 5.75 Å². The Morgan fingerprint density at radius 2 is 2.16 bits per heavy atom. The van der Waals surface area contributed by atoms with Gasteiger partial charge >= 0.3 is 0 Å². The van der Waals surface area contributed by atoms with Crippen LogP contribution in [0.1, 0.15) is 37.0 Å². The van der Waals surface area contributed by atoms with Crippen molar-refractivity contribution in [2.24, 2.45) is 0 Å². The Labute approximate surface area is 131 Å². The van der Waals surface area contributed by atoms with Gasteiger partial charge in [-0.25, -0.2) is 0 Å². The van der Waals surface area contributed by atoms with Crippen molar-refractivity contribution in [1.29, 1.82) is 0 Å². The van der Waals surface area contributed by atoms with Crippen molar-refractivity contribution >= 4 is 37.8 Å². The van der Waals surface area contributed by atoms with E-state index in [1.165, 1.54) is 0 Å². The summed E-state index contributed by atoms with van der Waals surface area (Å²) in [5.41, 5.74) is 0.439. The van der Waals surface area contributed by atoms with Crippen LogP contribution in [0, 0.1) is 0 Å². The molecule has 106 valence electrons. The van der Waals surface area contributed by atoms with Gasteiger partial charge in [-0.1, -0.05) is 22.9 Å². The summed E-state index contributed by atoms with van der Waals surface area (Å²) in [6.07, 6.45) is 1.79. The van der Waals surface area contributed by atoms with Gasteiger partial charge in [0.15, 0.2) is 0 Å². The van der Waals surface area contributed by atoms with Crippen LogP contribution in [-0.4, -0.2) is 23.9 Å². The molecule has 0 saturated carbocycles. The molecule has 0 bridgehead atoms. The molecule has 0 aliphatic carbocycles. The van der Waals surface area contributed by atoms with E-state index >= 15 is 0 Å². The van der Waals surface area contributed by atoms with Gasteiger partial charge in [0.25, 0.3) is 5.91 Å². The fourth-order valence-corrected chi connectivity index (χ4v) is 3.11. The summed E-state index contributed by atoms with van der Waals surface area (Å²) < 4.78 is 5.93. The van der Waals surface area contributed by atoms with Crippen molar-refractivity contribution in [3.05, 3.63) is 28.2 Å². The van der Waals surface area contributed by atoms with Gasteiger partial charge in [-0.3, -0.25) is 4.79 Å². The van der Waals surface area contributed by atoms with Crippen molar-refractivity contribution < 1.29 is 9.53 Å². The minimum Gasteiger partial charge on any atom is -0.496 e. The number of rotatable bonds is 6. The van der Waals surface area contributed by atoms with Crippen molar-refractivity contribution in [2.75, 3.05) is 12.4 Å². The number of nitrogens with one attached hydrogen (secondary N) is 1. The highest BCUT2D eigenvalue weighted by Crippen LogP contribution is 2.26. The number of alkyl halides is 1. The van der Waals surface area contributed by atoms with Gasteiger partial charge in [0.1, 0.15) is 5.75 Å². The maximum absolute atomic E-state index is 12.3. The smallest absolute Gasteiger partial charge is 0.251 e. The number of ether oxygens (including phenoxy) is 1. The molecule has 0 aliphatic rings. The number of carbonyl (C=O) groups excluding carboxylic acids is 1. The predicted molar refractivity (Wildman–Crippen MR) is 85.3 cm³/mol. The molecule has 0 radical (unpaired) electrons. The van der Waals surface area contributed by atoms with Crippen molar-refractivity contribution in [3.63, 3.8) is 0 Å². The van der Waals surface area contributed by atoms with Gasteiger partial charge in [0, 0.05) is 16.4 Å². The lowest BCUT2D eigenvalue weighted by molar-refractivity contribution is 0.0901. The van der Waals surface area contributed by atoms with Crippen molar-refractivity contribution in [1.82, 2.24) is 5.32 Å². The Morgan fingerprint density at radius 1 is 1.47 bits per heavy atom. The number of halogens is 2. The molecule has 1 aromatic carbocycles. The lowest BCUT2D eigenvalue weighted by atomic mass is 9.95. The number of methoxy groups -OCH3 is 1. The normalized spacial score (nSPS) is 13.7. The third-order valence-corrected chi connectivity index (χ3v) is 4.27. The molecule has 3 nitrogen and oxygen atoms in total. The molecule has 0 aliphatic heterocycles. The Hall–Kier alpha value is -0.550. The quantitative estimate of drug-likeness (QED) is 0.738. The van der Waals surface area contributed by atoms with Crippen LogP contribution in [0.25, 0.3) is 0 Å². The van der Waals surface area contributed by atoms with Gasteiger partial charge in [-0.15, -0.1) is 0 Å². The summed E-state index contributed by atoms with van der Waals surface area (Å²) in [4.78, 5) is 12.3. The molecule has 1 unspecified atom stereocenters. The molecular weight excluding hydrogens is 374 g/mol. The van der Waals surface area contributed by atoms with E-state index in [1.807, 2.05) is 0 Å². The van der Waals surface area contributed by atoms with Crippen LogP contribution in [-0.2, 0) is 0 Å². The first-order valence-electron chi connectivity index (χ1n) is 6.17. The van der Waals surface area contributed by atoms with E-state index < -0.39 is 0 Å². The van der Waals surface area contributed by atoms with Crippen LogP contribution in [0.15, 0.2) is 22.7 Å². The minimum absolute atomic E-state index is 0.0614. The Kier molecular flexibility index (Phi) is 6.33. The van der Waals surface area contributed by atoms with E-state index in [0.29, 0.717) is 5.56 Å². The van der Waals surface area contributed by atoms with Crippen molar-refractivity contribution in [2.45, 2.75) is 32.2 Å². The van der Waals surface area contributed by atoms with Crippen LogP contribution < -0.4 is 10.1 Å². The zero-order valence-electron chi connectivity index (χ0n) is 11.4. The van der Waals surface area contributed by atoms with Gasteiger partial charge < -0.3 is 10.1 Å². The average molecular weight is 393 g/mol. The number of hydrogen-bond donors (Lipinski definition) is 1. The molecular formula is C14H19Br2NO2. The zero-order valence-corrected chi connectivity index (χ0v) is 14.6. The highest BCUT2D eigenvalue weighted by Gasteiger charge is 2.24. The van der Waals surface area contributed by atoms with E-state index in [2.05, 4.69) is 51.0 Å². The summed E-state index contributed by atoms with van der Waals surface area (Å²) in [6.45, 7) is 4.14. The zero-order chi connectivity index (χ0) is 14.5. The molecule has 0 fully saturated rings. The maximum atomic E-state index is 12.3. The van der Waals surface area contributed by atoms with Gasteiger partial charge in [0.2, 0.25) is 0 Å². The van der Waals surface area contributed by atoms with E-state index in [4.69, 9.17) is 4.74 Å². The second-order valence-electron chi connectivity index (χ2n) is 4.66. The van der Waals surface area contributed by atoms with Crippen LogP contribution in [0.4, 0.5) is 0 Å². The average Bonchev–Trinajstić information content (AvgIpc) is 2.38. The molecule has 1 aromatic rings. The summed E-state index contributed by atoms with van der Waals surface area (Å²) in [5.74, 6) is 0.656. The third kappa shape index (κ3) is 4.49. The molecule has 1 rings (SSSR count). The Morgan fingerprint density at radius 3 is 2.63 bits per heavy atom. The molecule has 5 heteroatoms. The van der Waals surface area contributed by atoms with E-state index in [9.17, 15) is 4.79 Å². The van der Waals surface area contributed by atoms with Gasteiger partial charge in [-0.05, 0) is 53.9 Å². The van der Waals surface area contributed by atoms with E-state index in [0.717, 1.165) is 28.4 Å². The van der Waals surface area contributed by atoms with Gasteiger partial charge in [0.05, 0.1) is 11.6 Å². The van der Waals surface area contributed by atoms with Gasteiger partial charge in [-0.2, -0.15) is 0 Å². The molecule has 0 spiro atoms. The predicted octanol–water partition coefficient (Wildman–Crippen LogP) is 4.14. The Balaban J connectivity index is 2.86. The SMILES string of the molecule is CCC(C)(CCBr)NC(=O)c1ccc(OC)c(Br)c1. The molecule has 1 N–H and O–H groups in total. The summed E-state index contributed by atoms with van der Waals surface area (Å²) in [7, 11) is 1.60. The van der Waals surface area contributed by atoms with Crippen LogP contribution in [0.3, 0.4) is 0 Å². The highest BCUT2D eigenvalue weighted by molar-refractivity contribution is 9.10. The third-order valence-electron chi connectivity index (χ3n) is 3.26. The second-order valence-corrected chi connectivity index (χ2v) is 6.30. The molecule has 0 saturated heterocycles. The first-order chi connectivity index (χ1) is 8.95. The standard InChI is InChI=1S/C14H19Br2NO2/c1-4-14(2,7-8-15)17-13(18)10-5-6-12(19-3)11(16)9-10/h5-6,9H,4,7-8H2,1-3H3,(H,17,18). The maximum Gasteiger partial charge on any atom is 0.251 e. The lowest BCUT2D eigenvalue weighted by Gasteiger charge is -2.29. The lowest BCUT2D eigenvalue weighted by Crippen LogP contribution is -2.45. The molecule has 1 amide bonds. The topological polar surface area (TPSA) is 38.3 Å². The molecule has 0 heterocycles. The minimum atomic E-state index is -0.188. The fourth-order valence-electron chi connectivity index (χ4n) is 1.69. The summed E-state index contributed by atoms with van der Waals surface area (Å²) in [5, 5.41) is 3.96. The molecule has 1 atom stereocenters. The monoisotopic (exact) mass is 391 g/mol. The highest BCUT2D eigenvalue weighted by atomic mass is 79.9. The number of amides is 1. The number of carbonyl (C=O) groups is 1. The van der Waals surface area contributed by atoms with Crippen molar-refractivity contribution in [3.8, 4) is 5.75 Å². The fraction of sp³-hybridized carbons (Fsp3) is 0.500. The largest absolute Gasteiger partial charge is 0.496 e. The summed E-state index contributed by atoms with van der Waals surface area (Å²) in [6, 6.07) is 5.33. The number of benzene rings is 1. The van der Waals surface area contributed by atoms with Crippen LogP contribution >= 0.6 is 31.9 Å².